The molecule has 1 aliphatic rings. The van der Waals surface area contributed by atoms with Crippen LogP contribution in [-0.4, -0.2) is 48.9 Å². The Balaban J connectivity index is 1.40. The number of aryl methyl sites for hydroxylation is 2. The fourth-order valence-electron chi connectivity index (χ4n) is 4.77. The number of piperazine rings is 1. The first-order valence-electron chi connectivity index (χ1n) is 12.7. The van der Waals surface area contributed by atoms with Crippen molar-refractivity contribution < 1.29 is 8.42 Å². The summed E-state index contributed by atoms with van der Waals surface area (Å²) in [5.41, 5.74) is 3.48. The van der Waals surface area contributed by atoms with Crippen molar-refractivity contribution in [1.29, 1.82) is 0 Å². The monoisotopic (exact) mass is 534 g/mol. The zero-order chi connectivity index (χ0) is 26.4. The minimum atomic E-state index is -3.55. The average molecular weight is 535 g/mol. The van der Waals surface area contributed by atoms with E-state index in [9.17, 15) is 8.42 Å². The van der Waals surface area contributed by atoms with Gasteiger partial charge < -0.3 is 4.90 Å². The van der Waals surface area contributed by atoms with Gasteiger partial charge in [0.1, 0.15) is 16.5 Å². The Morgan fingerprint density at radius 3 is 2.16 bits per heavy atom. The zero-order valence-corrected chi connectivity index (χ0v) is 23.8. The fraction of sp³-hybridized carbons (Fsp3) is 0.379. The predicted octanol–water partition coefficient (Wildman–Crippen LogP) is 5.71. The van der Waals surface area contributed by atoms with Gasteiger partial charge in [0, 0.05) is 37.5 Å². The van der Waals surface area contributed by atoms with Crippen LogP contribution in [0.1, 0.15) is 48.2 Å². The highest BCUT2D eigenvalue weighted by molar-refractivity contribution is 7.89. The van der Waals surface area contributed by atoms with E-state index in [0.717, 1.165) is 27.4 Å². The lowest BCUT2D eigenvalue weighted by molar-refractivity contribution is 0.384. The van der Waals surface area contributed by atoms with E-state index in [1.807, 2.05) is 30.3 Å². The Morgan fingerprint density at radius 2 is 1.54 bits per heavy atom. The van der Waals surface area contributed by atoms with Crippen LogP contribution in [0.4, 0.5) is 5.82 Å². The van der Waals surface area contributed by atoms with Gasteiger partial charge in [-0.1, -0.05) is 63.2 Å². The first-order valence-corrected chi connectivity index (χ1v) is 15.0. The molecule has 4 aromatic rings. The third-order valence-corrected chi connectivity index (χ3v) is 10.2. The molecule has 0 bridgehead atoms. The number of benzene rings is 2. The van der Waals surface area contributed by atoms with Crippen molar-refractivity contribution in [3.8, 4) is 0 Å². The van der Waals surface area contributed by atoms with Crippen molar-refractivity contribution in [2.45, 2.75) is 51.3 Å². The number of thiophene rings is 1. The summed E-state index contributed by atoms with van der Waals surface area (Å²) in [7, 11) is -3.55. The summed E-state index contributed by atoms with van der Waals surface area (Å²) in [5, 5.41) is 1.09. The molecule has 1 saturated heterocycles. The zero-order valence-electron chi connectivity index (χ0n) is 22.2. The molecule has 5 rings (SSSR count). The molecule has 0 radical (unpaired) electrons. The molecule has 2 aromatic carbocycles. The molecule has 0 aliphatic carbocycles. The van der Waals surface area contributed by atoms with Crippen molar-refractivity contribution in [2.75, 3.05) is 31.1 Å². The molecule has 0 unspecified atom stereocenters. The van der Waals surface area contributed by atoms with E-state index in [1.165, 1.54) is 16.0 Å². The molecular formula is C29H34N4O2S2. The van der Waals surface area contributed by atoms with Gasteiger partial charge in [0.15, 0.2) is 0 Å². The summed E-state index contributed by atoms with van der Waals surface area (Å²) in [6, 6.07) is 17.6. The second kappa shape index (κ2) is 9.82. The number of hydrogen-bond donors (Lipinski definition) is 0. The molecule has 0 saturated carbocycles. The van der Waals surface area contributed by atoms with E-state index in [4.69, 9.17) is 9.97 Å². The lowest BCUT2D eigenvalue weighted by Gasteiger charge is -2.35. The Labute approximate surface area is 224 Å². The van der Waals surface area contributed by atoms with Crippen molar-refractivity contribution in [3.63, 3.8) is 0 Å². The highest BCUT2D eigenvalue weighted by Gasteiger charge is 2.30. The van der Waals surface area contributed by atoms with Crippen molar-refractivity contribution in [2.24, 2.45) is 0 Å². The Hall–Kier alpha value is -2.81. The first-order chi connectivity index (χ1) is 17.5. The lowest BCUT2D eigenvalue weighted by atomic mass is 9.87. The number of nitrogens with zero attached hydrogens (tertiary/aromatic N) is 4. The van der Waals surface area contributed by atoms with E-state index in [0.29, 0.717) is 37.5 Å². The van der Waals surface area contributed by atoms with Crippen LogP contribution in [0, 0.1) is 13.8 Å². The first kappa shape index (κ1) is 25.8. The minimum absolute atomic E-state index is 0.0195. The minimum Gasteiger partial charge on any atom is -0.353 e. The van der Waals surface area contributed by atoms with Crippen LogP contribution in [0.2, 0.25) is 0 Å². The lowest BCUT2D eigenvalue weighted by Crippen LogP contribution is -2.49. The maximum atomic E-state index is 13.4. The number of anilines is 1. The summed E-state index contributed by atoms with van der Waals surface area (Å²) >= 11 is 1.70. The summed E-state index contributed by atoms with van der Waals surface area (Å²) in [6.07, 6.45) is 0.665. The van der Waals surface area contributed by atoms with E-state index in [1.54, 1.807) is 27.8 Å². The second-order valence-corrected chi connectivity index (χ2v) is 13.9. The van der Waals surface area contributed by atoms with Gasteiger partial charge in [-0.05, 0) is 48.1 Å². The van der Waals surface area contributed by atoms with E-state index < -0.39 is 10.0 Å². The molecule has 194 valence electrons. The predicted molar refractivity (Wildman–Crippen MR) is 152 cm³/mol. The SMILES string of the molecule is Cc1sc2nc(Cc3ccccc3)nc(N3CCN(S(=O)(=O)c4ccc(C(C)(C)C)cc4)CC3)c2c1C. The van der Waals surface area contributed by atoms with Gasteiger partial charge in [-0.25, -0.2) is 18.4 Å². The molecule has 6 nitrogen and oxygen atoms in total. The fourth-order valence-corrected chi connectivity index (χ4v) is 7.24. The topological polar surface area (TPSA) is 66.4 Å². The number of fused-ring (bicyclic) bond motifs is 1. The van der Waals surface area contributed by atoms with Crippen LogP contribution in [0.25, 0.3) is 10.2 Å². The number of rotatable bonds is 5. The molecule has 1 fully saturated rings. The molecule has 0 spiro atoms. The summed E-state index contributed by atoms with van der Waals surface area (Å²) < 4.78 is 28.4. The van der Waals surface area contributed by atoms with E-state index in [2.05, 4.69) is 51.7 Å². The highest BCUT2D eigenvalue weighted by atomic mass is 32.2. The van der Waals surface area contributed by atoms with Gasteiger partial charge in [-0.15, -0.1) is 11.3 Å². The molecular weight excluding hydrogens is 500 g/mol. The van der Waals surface area contributed by atoms with E-state index >= 15 is 0 Å². The van der Waals surface area contributed by atoms with E-state index in [-0.39, 0.29) is 5.41 Å². The molecule has 37 heavy (non-hydrogen) atoms. The third kappa shape index (κ3) is 5.15. The maximum absolute atomic E-state index is 13.4. The number of hydrogen-bond acceptors (Lipinski definition) is 6. The van der Waals surface area contributed by atoms with Crippen LogP contribution < -0.4 is 4.90 Å². The van der Waals surface area contributed by atoms with Crippen LogP contribution in [-0.2, 0) is 21.9 Å². The Morgan fingerprint density at radius 1 is 0.892 bits per heavy atom. The largest absolute Gasteiger partial charge is 0.353 e. The summed E-state index contributed by atoms with van der Waals surface area (Å²) in [4.78, 5) is 14.7. The van der Waals surface area contributed by atoms with Crippen molar-refractivity contribution in [3.05, 3.63) is 82.0 Å². The van der Waals surface area contributed by atoms with Crippen LogP contribution >= 0.6 is 11.3 Å². The smallest absolute Gasteiger partial charge is 0.243 e. The van der Waals surface area contributed by atoms with Gasteiger partial charge in [0.2, 0.25) is 10.0 Å². The van der Waals surface area contributed by atoms with Gasteiger partial charge in [0.25, 0.3) is 0 Å². The number of aromatic nitrogens is 2. The molecule has 0 amide bonds. The summed E-state index contributed by atoms with van der Waals surface area (Å²) in [6.45, 7) is 12.6. The average Bonchev–Trinajstić information content (AvgIpc) is 3.17. The number of sulfonamides is 1. The second-order valence-electron chi connectivity index (χ2n) is 10.8. The van der Waals surface area contributed by atoms with Gasteiger partial charge in [-0.3, -0.25) is 0 Å². The Kier molecular flexibility index (Phi) is 6.85. The maximum Gasteiger partial charge on any atom is 0.243 e. The van der Waals surface area contributed by atoms with Crippen molar-refractivity contribution in [1.82, 2.24) is 14.3 Å². The highest BCUT2D eigenvalue weighted by Crippen LogP contribution is 2.36. The van der Waals surface area contributed by atoms with Crippen LogP contribution in [0.3, 0.4) is 0 Å². The van der Waals surface area contributed by atoms with Gasteiger partial charge in [0.05, 0.1) is 10.3 Å². The molecule has 0 atom stereocenters. The standard InChI is InChI=1S/C29H34N4O2S2/c1-20-21(2)36-28-26(20)27(30-25(31-28)19-22-9-7-6-8-10-22)32-15-17-33(18-16-32)37(34,35)24-13-11-23(12-14-24)29(3,4)5/h6-14H,15-19H2,1-5H3. The molecule has 2 aromatic heterocycles. The summed E-state index contributed by atoms with van der Waals surface area (Å²) in [5.74, 6) is 1.72. The van der Waals surface area contributed by atoms with Crippen LogP contribution in [0.5, 0.6) is 0 Å². The third-order valence-electron chi connectivity index (χ3n) is 7.16. The molecule has 8 heteroatoms. The van der Waals surface area contributed by atoms with Gasteiger partial charge >= 0.3 is 0 Å². The quantitative estimate of drug-likeness (QED) is 0.328. The van der Waals surface area contributed by atoms with Gasteiger partial charge in [-0.2, -0.15) is 4.31 Å². The van der Waals surface area contributed by atoms with Crippen LogP contribution in [0.15, 0.2) is 59.5 Å². The normalized spacial score (nSPS) is 15.4. The Bertz CT molecular complexity index is 1510. The molecule has 3 heterocycles. The molecule has 1 aliphatic heterocycles. The van der Waals surface area contributed by atoms with Crippen molar-refractivity contribution >= 4 is 37.4 Å². The molecule has 0 N–H and O–H groups in total.